The predicted molar refractivity (Wildman–Crippen MR) is 56.5 cm³/mol. The Kier molecular flexibility index (Phi) is 2.94. The average molecular weight is 205 g/mol. The molecule has 15 heavy (non-hydrogen) atoms. The number of hydrogen-bond donors (Lipinski definition) is 1. The molecule has 0 saturated heterocycles. The zero-order chi connectivity index (χ0) is 10.7. The van der Waals surface area contributed by atoms with E-state index in [4.69, 9.17) is 0 Å². The van der Waals surface area contributed by atoms with Crippen molar-refractivity contribution in [2.75, 3.05) is 0 Å². The first kappa shape index (κ1) is 10.1. The fourth-order valence-corrected chi connectivity index (χ4v) is 1.85. The lowest BCUT2D eigenvalue weighted by atomic mass is 10.2. The molecular weight excluding hydrogens is 190 g/mol. The molecule has 1 saturated carbocycles. The zero-order valence-corrected chi connectivity index (χ0v) is 8.86. The minimum Gasteiger partial charge on any atom is -0.348 e. The van der Waals surface area contributed by atoms with Gasteiger partial charge in [-0.05, 0) is 31.9 Å². The molecule has 0 aromatic carbocycles. The van der Waals surface area contributed by atoms with E-state index in [0.717, 1.165) is 18.5 Å². The molecule has 1 aliphatic carbocycles. The highest BCUT2D eigenvalue weighted by Gasteiger charge is 2.18. The Morgan fingerprint density at radius 2 is 2.07 bits per heavy atom. The van der Waals surface area contributed by atoms with Crippen molar-refractivity contribution in [1.82, 2.24) is 15.5 Å². The van der Waals surface area contributed by atoms with Gasteiger partial charge in [-0.25, -0.2) is 0 Å². The van der Waals surface area contributed by atoms with Gasteiger partial charge in [-0.15, -0.1) is 5.10 Å². The Bertz CT molecular complexity index is 341. The van der Waals surface area contributed by atoms with Gasteiger partial charge in [-0.2, -0.15) is 5.10 Å². The molecule has 4 nitrogen and oxygen atoms in total. The van der Waals surface area contributed by atoms with Crippen molar-refractivity contribution in [1.29, 1.82) is 0 Å². The summed E-state index contributed by atoms with van der Waals surface area (Å²) in [6.45, 7) is 1.85. The Balaban J connectivity index is 1.98. The lowest BCUT2D eigenvalue weighted by Crippen LogP contribution is -2.33. The minimum absolute atomic E-state index is 0.102. The van der Waals surface area contributed by atoms with E-state index in [1.807, 2.05) is 6.92 Å². The van der Waals surface area contributed by atoms with Crippen LogP contribution in [0.1, 0.15) is 41.9 Å². The number of rotatable bonds is 2. The number of aryl methyl sites for hydroxylation is 1. The van der Waals surface area contributed by atoms with Crippen LogP contribution < -0.4 is 5.32 Å². The topological polar surface area (TPSA) is 54.9 Å². The molecule has 1 amide bonds. The molecule has 0 aliphatic heterocycles. The molecule has 1 heterocycles. The second kappa shape index (κ2) is 4.38. The van der Waals surface area contributed by atoms with Gasteiger partial charge in [0.2, 0.25) is 0 Å². The SMILES string of the molecule is Cc1ccc(C(=O)NC2CCCC2)nn1. The number of nitrogens with zero attached hydrogens (tertiary/aromatic N) is 2. The van der Waals surface area contributed by atoms with E-state index in [0.29, 0.717) is 11.7 Å². The second-order valence-corrected chi connectivity index (χ2v) is 4.01. The molecule has 0 radical (unpaired) electrons. The van der Waals surface area contributed by atoms with Crippen LogP contribution in [-0.2, 0) is 0 Å². The van der Waals surface area contributed by atoms with Crippen LogP contribution in [0.25, 0.3) is 0 Å². The number of hydrogen-bond acceptors (Lipinski definition) is 3. The summed E-state index contributed by atoms with van der Waals surface area (Å²) in [7, 11) is 0. The highest BCUT2D eigenvalue weighted by Crippen LogP contribution is 2.17. The molecule has 80 valence electrons. The minimum atomic E-state index is -0.102. The van der Waals surface area contributed by atoms with Crippen molar-refractivity contribution in [3.63, 3.8) is 0 Å². The molecular formula is C11H15N3O. The van der Waals surface area contributed by atoms with Gasteiger partial charge in [-0.3, -0.25) is 4.79 Å². The zero-order valence-electron chi connectivity index (χ0n) is 8.86. The average Bonchev–Trinajstić information content (AvgIpc) is 2.71. The van der Waals surface area contributed by atoms with Crippen LogP contribution in [0.3, 0.4) is 0 Å². The van der Waals surface area contributed by atoms with Crippen molar-refractivity contribution < 1.29 is 4.79 Å². The molecule has 4 heteroatoms. The summed E-state index contributed by atoms with van der Waals surface area (Å²) in [6, 6.07) is 3.85. The summed E-state index contributed by atoms with van der Waals surface area (Å²) in [4.78, 5) is 11.7. The van der Waals surface area contributed by atoms with E-state index >= 15 is 0 Å². The Morgan fingerprint density at radius 3 is 2.67 bits per heavy atom. The lowest BCUT2D eigenvalue weighted by Gasteiger charge is -2.10. The maximum atomic E-state index is 11.7. The standard InChI is InChI=1S/C11H15N3O/c1-8-6-7-10(14-13-8)11(15)12-9-4-2-3-5-9/h6-7,9H,2-5H2,1H3,(H,12,15). The van der Waals surface area contributed by atoms with Crippen LogP contribution in [0.5, 0.6) is 0 Å². The Morgan fingerprint density at radius 1 is 1.33 bits per heavy atom. The second-order valence-electron chi connectivity index (χ2n) is 4.01. The molecule has 1 N–H and O–H groups in total. The Hall–Kier alpha value is -1.45. The molecule has 2 rings (SSSR count). The van der Waals surface area contributed by atoms with Crippen molar-refractivity contribution >= 4 is 5.91 Å². The van der Waals surface area contributed by atoms with E-state index in [9.17, 15) is 4.79 Å². The quantitative estimate of drug-likeness (QED) is 0.795. The number of nitrogens with one attached hydrogen (secondary N) is 1. The summed E-state index contributed by atoms with van der Waals surface area (Å²) in [5.74, 6) is -0.102. The van der Waals surface area contributed by atoms with E-state index in [1.54, 1.807) is 12.1 Å². The van der Waals surface area contributed by atoms with Crippen molar-refractivity contribution in [2.24, 2.45) is 0 Å². The highest BCUT2D eigenvalue weighted by molar-refractivity contribution is 5.92. The monoisotopic (exact) mass is 205 g/mol. The first-order valence-electron chi connectivity index (χ1n) is 5.37. The van der Waals surface area contributed by atoms with Gasteiger partial charge in [0.1, 0.15) is 0 Å². The third kappa shape index (κ3) is 2.52. The normalized spacial score (nSPS) is 16.6. The van der Waals surface area contributed by atoms with Crippen molar-refractivity contribution in [3.05, 3.63) is 23.5 Å². The molecule has 0 atom stereocenters. The number of amides is 1. The molecule has 1 aromatic heterocycles. The molecule has 1 aromatic rings. The number of aromatic nitrogens is 2. The molecule has 0 unspecified atom stereocenters. The van der Waals surface area contributed by atoms with Crippen LogP contribution in [0, 0.1) is 6.92 Å². The van der Waals surface area contributed by atoms with Gasteiger partial charge in [0, 0.05) is 6.04 Å². The van der Waals surface area contributed by atoms with Crippen LogP contribution >= 0.6 is 0 Å². The number of carbonyl (C=O) groups is 1. The van der Waals surface area contributed by atoms with Gasteiger partial charge in [0.15, 0.2) is 5.69 Å². The van der Waals surface area contributed by atoms with Gasteiger partial charge in [0.05, 0.1) is 5.69 Å². The van der Waals surface area contributed by atoms with Crippen LogP contribution in [0.15, 0.2) is 12.1 Å². The summed E-state index contributed by atoms with van der Waals surface area (Å²) in [5.41, 5.74) is 1.24. The first-order chi connectivity index (χ1) is 7.25. The molecule has 1 fully saturated rings. The maximum Gasteiger partial charge on any atom is 0.272 e. The van der Waals surface area contributed by atoms with Crippen molar-refractivity contribution in [3.8, 4) is 0 Å². The largest absolute Gasteiger partial charge is 0.348 e. The first-order valence-corrected chi connectivity index (χ1v) is 5.37. The third-order valence-electron chi connectivity index (χ3n) is 2.72. The number of carbonyl (C=O) groups excluding carboxylic acids is 1. The van der Waals surface area contributed by atoms with Gasteiger partial charge in [-0.1, -0.05) is 12.8 Å². The fraction of sp³-hybridized carbons (Fsp3) is 0.545. The molecule has 0 spiro atoms. The Labute approximate surface area is 89.1 Å². The summed E-state index contributed by atoms with van der Waals surface area (Å²) >= 11 is 0. The fourth-order valence-electron chi connectivity index (χ4n) is 1.85. The van der Waals surface area contributed by atoms with E-state index in [1.165, 1.54) is 12.8 Å². The van der Waals surface area contributed by atoms with Crippen LogP contribution in [0.2, 0.25) is 0 Å². The van der Waals surface area contributed by atoms with Gasteiger partial charge in [0.25, 0.3) is 5.91 Å². The molecule has 1 aliphatic rings. The summed E-state index contributed by atoms with van der Waals surface area (Å²) < 4.78 is 0. The third-order valence-corrected chi connectivity index (χ3v) is 2.72. The maximum absolute atomic E-state index is 11.7. The van der Waals surface area contributed by atoms with Crippen LogP contribution in [-0.4, -0.2) is 22.1 Å². The molecule has 0 bridgehead atoms. The summed E-state index contributed by atoms with van der Waals surface area (Å²) in [6.07, 6.45) is 4.60. The lowest BCUT2D eigenvalue weighted by molar-refractivity contribution is 0.0931. The van der Waals surface area contributed by atoms with E-state index in [2.05, 4.69) is 15.5 Å². The van der Waals surface area contributed by atoms with Crippen LogP contribution in [0.4, 0.5) is 0 Å². The van der Waals surface area contributed by atoms with E-state index in [-0.39, 0.29) is 5.91 Å². The van der Waals surface area contributed by atoms with Crippen molar-refractivity contribution in [2.45, 2.75) is 38.6 Å². The van der Waals surface area contributed by atoms with E-state index < -0.39 is 0 Å². The highest BCUT2D eigenvalue weighted by atomic mass is 16.2. The van der Waals surface area contributed by atoms with Gasteiger partial charge >= 0.3 is 0 Å². The van der Waals surface area contributed by atoms with Gasteiger partial charge < -0.3 is 5.32 Å². The summed E-state index contributed by atoms with van der Waals surface area (Å²) in [5, 5.41) is 10.7. The predicted octanol–water partition coefficient (Wildman–Crippen LogP) is 1.46. The smallest absolute Gasteiger partial charge is 0.272 e.